The van der Waals surface area contributed by atoms with E-state index in [9.17, 15) is 9.00 Å². The summed E-state index contributed by atoms with van der Waals surface area (Å²) in [4.78, 5) is 16.2. The lowest BCUT2D eigenvalue weighted by molar-refractivity contribution is 0.570. The van der Waals surface area contributed by atoms with E-state index in [-0.39, 0.29) is 17.6 Å². The second kappa shape index (κ2) is 5.65. The van der Waals surface area contributed by atoms with Gasteiger partial charge >= 0.3 is 0 Å². The van der Waals surface area contributed by atoms with Crippen LogP contribution in [0, 0.1) is 0 Å². The third-order valence-electron chi connectivity index (χ3n) is 3.15. The largest absolute Gasteiger partial charge is 0.363 e. The highest BCUT2D eigenvalue weighted by atomic mass is 32.2. The van der Waals surface area contributed by atoms with Crippen LogP contribution in [0.15, 0.2) is 17.2 Å². The summed E-state index contributed by atoms with van der Waals surface area (Å²) in [6, 6.07) is 0.339. The zero-order chi connectivity index (χ0) is 13.1. The zero-order valence-electron chi connectivity index (χ0n) is 10.8. The molecule has 1 aromatic rings. The van der Waals surface area contributed by atoms with E-state index in [1.807, 2.05) is 13.8 Å². The van der Waals surface area contributed by atoms with Gasteiger partial charge in [0, 0.05) is 46.8 Å². The van der Waals surface area contributed by atoms with Gasteiger partial charge in [0.05, 0.1) is 0 Å². The summed E-state index contributed by atoms with van der Waals surface area (Å²) in [5.74, 6) is 1.83. The van der Waals surface area contributed by atoms with Crippen LogP contribution in [0.3, 0.4) is 0 Å². The van der Waals surface area contributed by atoms with Gasteiger partial charge in [-0.1, -0.05) is 0 Å². The lowest BCUT2D eigenvalue weighted by Gasteiger charge is -2.23. The number of anilines is 1. The van der Waals surface area contributed by atoms with E-state index in [0.29, 0.717) is 17.3 Å². The molecule has 0 radical (unpaired) electrons. The van der Waals surface area contributed by atoms with Crippen molar-refractivity contribution in [3.05, 3.63) is 22.7 Å². The summed E-state index contributed by atoms with van der Waals surface area (Å²) < 4.78 is 12.9. The van der Waals surface area contributed by atoms with Crippen LogP contribution in [0.4, 0.5) is 5.82 Å². The third kappa shape index (κ3) is 2.98. The Hall–Kier alpha value is -1.17. The van der Waals surface area contributed by atoms with E-state index in [1.165, 1.54) is 0 Å². The van der Waals surface area contributed by atoms with Gasteiger partial charge < -0.3 is 9.88 Å². The monoisotopic (exact) mass is 269 g/mol. The van der Waals surface area contributed by atoms with Crippen molar-refractivity contribution in [2.45, 2.75) is 38.8 Å². The van der Waals surface area contributed by atoms with Crippen molar-refractivity contribution >= 4 is 16.6 Å². The first-order chi connectivity index (χ1) is 8.58. The number of hydrogen-bond donors (Lipinski definition) is 1. The van der Waals surface area contributed by atoms with Crippen molar-refractivity contribution in [3.63, 3.8) is 0 Å². The molecule has 0 saturated carbocycles. The molecule has 5 nitrogen and oxygen atoms in total. The Kier molecular flexibility index (Phi) is 4.16. The van der Waals surface area contributed by atoms with Crippen LogP contribution in [0.25, 0.3) is 0 Å². The highest BCUT2D eigenvalue weighted by molar-refractivity contribution is 7.85. The standard InChI is InChI=1S/C12H19N3O2S/c1-9(2)15-6-5-13-11(12(15)16)14-10-3-7-18(17)8-4-10/h5-6,9-10H,3-4,7-8H2,1-2H3,(H,13,14). The molecule has 6 heteroatoms. The summed E-state index contributed by atoms with van der Waals surface area (Å²) in [5.41, 5.74) is -0.0841. The molecule has 0 atom stereocenters. The Balaban J connectivity index is 2.12. The molecule has 1 N–H and O–H groups in total. The number of nitrogens with zero attached hydrogens (tertiary/aromatic N) is 2. The third-order valence-corrected chi connectivity index (χ3v) is 4.54. The molecule has 1 aliphatic rings. The normalized spacial score (nSPS) is 24.2. The van der Waals surface area contributed by atoms with Crippen molar-refractivity contribution in [1.29, 1.82) is 0 Å². The summed E-state index contributed by atoms with van der Waals surface area (Å²) in [7, 11) is -0.680. The lowest BCUT2D eigenvalue weighted by Crippen LogP contribution is -2.34. The SMILES string of the molecule is CC(C)n1ccnc(NC2CCS(=O)CC2)c1=O. The fourth-order valence-electron chi connectivity index (χ4n) is 2.06. The predicted molar refractivity (Wildman–Crippen MR) is 73.4 cm³/mol. The van der Waals surface area contributed by atoms with Crippen molar-refractivity contribution in [2.24, 2.45) is 0 Å². The van der Waals surface area contributed by atoms with Crippen LogP contribution in [-0.2, 0) is 10.8 Å². The van der Waals surface area contributed by atoms with Crippen molar-refractivity contribution < 1.29 is 4.21 Å². The molecule has 1 saturated heterocycles. The topological polar surface area (TPSA) is 64.0 Å². The maximum Gasteiger partial charge on any atom is 0.293 e. The van der Waals surface area contributed by atoms with Gasteiger partial charge in [0.15, 0.2) is 5.82 Å². The van der Waals surface area contributed by atoms with Crippen LogP contribution in [-0.4, -0.2) is 31.3 Å². The Morgan fingerprint density at radius 2 is 2.11 bits per heavy atom. The number of nitrogens with one attached hydrogen (secondary N) is 1. The van der Waals surface area contributed by atoms with Gasteiger partial charge in [0.1, 0.15) is 0 Å². The maximum atomic E-state index is 12.1. The molecule has 1 aromatic heterocycles. The van der Waals surface area contributed by atoms with Crippen LogP contribution in [0.1, 0.15) is 32.7 Å². The molecule has 0 aromatic carbocycles. The molecule has 1 aliphatic heterocycles. The van der Waals surface area contributed by atoms with E-state index in [0.717, 1.165) is 12.8 Å². The molecule has 2 rings (SSSR count). The zero-order valence-corrected chi connectivity index (χ0v) is 11.6. The molecule has 18 heavy (non-hydrogen) atoms. The Labute approximate surface area is 109 Å². The van der Waals surface area contributed by atoms with Crippen molar-refractivity contribution in [3.8, 4) is 0 Å². The number of aromatic nitrogens is 2. The molecule has 100 valence electrons. The van der Waals surface area contributed by atoms with Gasteiger partial charge in [0.2, 0.25) is 0 Å². The summed E-state index contributed by atoms with van der Waals surface area (Å²) in [5, 5.41) is 3.19. The van der Waals surface area contributed by atoms with Crippen LogP contribution in [0.5, 0.6) is 0 Å². The lowest BCUT2D eigenvalue weighted by atomic mass is 10.1. The van der Waals surface area contributed by atoms with Gasteiger partial charge in [-0.25, -0.2) is 4.98 Å². The van der Waals surface area contributed by atoms with E-state index in [1.54, 1.807) is 17.0 Å². The first-order valence-electron chi connectivity index (χ1n) is 6.26. The van der Waals surface area contributed by atoms with Gasteiger partial charge in [0.25, 0.3) is 5.56 Å². The first-order valence-corrected chi connectivity index (χ1v) is 7.75. The Morgan fingerprint density at radius 1 is 1.44 bits per heavy atom. The molecular formula is C12H19N3O2S. The summed E-state index contributed by atoms with van der Waals surface area (Å²) >= 11 is 0. The van der Waals surface area contributed by atoms with Crippen LogP contribution >= 0.6 is 0 Å². The fraction of sp³-hybridized carbons (Fsp3) is 0.667. The van der Waals surface area contributed by atoms with E-state index in [2.05, 4.69) is 10.3 Å². The molecule has 0 amide bonds. The minimum absolute atomic E-state index is 0.0841. The molecule has 0 unspecified atom stereocenters. The fourth-order valence-corrected chi connectivity index (χ4v) is 3.36. The highest BCUT2D eigenvalue weighted by Gasteiger charge is 2.19. The minimum atomic E-state index is -0.680. The number of hydrogen-bond acceptors (Lipinski definition) is 4. The second-order valence-corrected chi connectivity index (χ2v) is 6.54. The van der Waals surface area contributed by atoms with E-state index >= 15 is 0 Å². The van der Waals surface area contributed by atoms with Crippen LogP contribution in [0.2, 0.25) is 0 Å². The Morgan fingerprint density at radius 3 is 2.72 bits per heavy atom. The van der Waals surface area contributed by atoms with E-state index < -0.39 is 10.8 Å². The minimum Gasteiger partial charge on any atom is -0.363 e. The quantitative estimate of drug-likeness (QED) is 0.894. The van der Waals surface area contributed by atoms with Crippen LogP contribution < -0.4 is 10.9 Å². The smallest absolute Gasteiger partial charge is 0.293 e. The second-order valence-electron chi connectivity index (χ2n) is 4.85. The summed E-state index contributed by atoms with van der Waals surface area (Å²) in [6.07, 6.45) is 5.02. The highest BCUT2D eigenvalue weighted by Crippen LogP contribution is 2.13. The Bertz CT molecular complexity index is 488. The molecule has 0 aliphatic carbocycles. The van der Waals surface area contributed by atoms with Gasteiger partial charge in [-0.2, -0.15) is 0 Å². The molecular weight excluding hydrogens is 250 g/mol. The molecule has 2 heterocycles. The molecule has 0 spiro atoms. The maximum absolute atomic E-state index is 12.1. The molecule has 1 fully saturated rings. The average Bonchev–Trinajstić information content (AvgIpc) is 2.34. The summed E-state index contributed by atoms with van der Waals surface area (Å²) in [6.45, 7) is 3.93. The van der Waals surface area contributed by atoms with Gasteiger partial charge in [-0.3, -0.25) is 9.00 Å². The number of rotatable bonds is 3. The van der Waals surface area contributed by atoms with Gasteiger partial charge in [-0.05, 0) is 26.7 Å². The average molecular weight is 269 g/mol. The van der Waals surface area contributed by atoms with E-state index in [4.69, 9.17) is 0 Å². The van der Waals surface area contributed by atoms with Crippen molar-refractivity contribution in [1.82, 2.24) is 9.55 Å². The predicted octanol–water partition coefficient (Wildman–Crippen LogP) is 1.15. The van der Waals surface area contributed by atoms with Crippen molar-refractivity contribution in [2.75, 3.05) is 16.8 Å². The molecule has 0 bridgehead atoms. The van der Waals surface area contributed by atoms with Gasteiger partial charge in [-0.15, -0.1) is 0 Å². The first kappa shape index (κ1) is 13.3.